The fourth-order valence-electron chi connectivity index (χ4n) is 1.89. The summed E-state index contributed by atoms with van der Waals surface area (Å²) in [5, 5.41) is 0.418. The molecule has 17 heavy (non-hydrogen) atoms. The van der Waals surface area contributed by atoms with Gasteiger partial charge in [0.1, 0.15) is 11.6 Å². The zero-order chi connectivity index (χ0) is 12.6. The summed E-state index contributed by atoms with van der Waals surface area (Å²) in [5.74, 6) is -1.46. The molecule has 2 nitrogen and oxygen atoms in total. The molecule has 1 unspecified atom stereocenters. The molecular formula is C12H12F2N2S. The topological polar surface area (TPSA) is 38.9 Å². The highest BCUT2D eigenvalue weighted by Crippen LogP contribution is 2.34. The van der Waals surface area contributed by atoms with Crippen molar-refractivity contribution in [1.29, 1.82) is 0 Å². The number of hydrogen-bond acceptors (Lipinski definition) is 3. The van der Waals surface area contributed by atoms with E-state index >= 15 is 0 Å². The van der Waals surface area contributed by atoms with E-state index in [9.17, 15) is 8.78 Å². The number of rotatable bonds is 2. The number of hydrogen-bond donors (Lipinski definition) is 1. The van der Waals surface area contributed by atoms with Crippen LogP contribution in [-0.4, -0.2) is 4.98 Å². The first-order chi connectivity index (χ1) is 8.00. The van der Waals surface area contributed by atoms with Crippen molar-refractivity contribution < 1.29 is 8.78 Å². The Morgan fingerprint density at radius 1 is 1.29 bits per heavy atom. The summed E-state index contributed by atoms with van der Waals surface area (Å²) >= 11 is 1.27. The zero-order valence-corrected chi connectivity index (χ0v) is 10.3. The molecule has 0 amide bonds. The second-order valence-corrected chi connectivity index (χ2v) is 4.92. The van der Waals surface area contributed by atoms with Crippen molar-refractivity contribution in [2.75, 3.05) is 5.73 Å². The van der Waals surface area contributed by atoms with E-state index in [2.05, 4.69) is 4.98 Å². The summed E-state index contributed by atoms with van der Waals surface area (Å²) in [4.78, 5) is 4.87. The molecule has 2 rings (SSSR count). The van der Waals surface area contributed by atoms with Gasteiger partial charge in [0.25, 0.3) is 0 Å². The van der Waals surface area contributed by atoms with E-state index in [0.717, 1.165) is 10.6 Å². The molecule has 0 saturated heterocycles. The Balaban J connectivity index is 2.51. The van der Waals surface area contributed by atoms with Crippen LogP contribution in [0.5, 0.6) is 0 Å². The summed E-state index contributed by atoms with van der Waals surface area (Å²) in [6.07, 6.45) is 0. The summed E-state index contributed by atoms with van der Waals surface area (Å²) in [6, 6.07) is 3.87. The lowest BCUT2D eigenvalue weighted by Crippen LogP contribution is -2.02. The molecule has 0 saturated carbocycles. The van der Waals surface area contributed by atoms with Gasteiger partial charge in [0.2, 0.25) is 0 Å². The van der Waals surface area contributed by atoms with E-state index in [0.29, 0.717) is 5.13 Å². The normalized spacial score (nSPS) is 12.7. The van der Waals surface area contributed by atoms with Gasteiger partial charge < -0.3 is 5.73 Å². The zero-order valence-electron chi connectivity index (χ0n) is 9.50. The van der Waals surface area contributed by atoms with E-state index < -0.39 is 11.6 Å². The average molecular weight is 254 g/mol. The van der Waals surface area contributed by atoms with Crippen LogP contribution >= 0.6 is 11.3 Å². The number of nitrogen functional groups attached to an aromatic ring is 1. The lowest BCUT2D eigenvalue weighted by atomic mass is 9.97. The van der Waals surface area contributed by atoms with Crippen molar-refractivity contribution in [2.45, 2.75) is 19.8 Å². The summed E-state index contributed by atoms with van der Waals surface area (Å²) in [5.41, 5.74) is 6.38. The number of nitrogens with two attached hydrogens (primary N) is 1. The smallest absolute Gasteiger partial charge is 0.180 e. The van der Waals surface area contributed by atoms with E-state index in [4.69, 9.17) is 5.73 Å². The van der Waals surface area contributed by atoms with Crippen LogP contribution < -0.4 is 5.73 Å². The second kappa shape index (κ2) is 4.41. The average Bonchev–Trinajstić information content (AvgIpc) is 2.57. The van der Waals surface area contributed by atoms with Crippen molar-refractivity contribution in [1.82, 2.24) is 4.98 Å². The third-order valence-corrected chi connectivity index (χ3v) is 3.84. The first kappa shape index (κ1) is 12.0. The number of halogens is 2. The van der Waals surface area contributed by atoms with Gasteiger partial charge in [-0.05, 0) is 19.1 Å². The van der Waals surface area contributed by atoms with E-state index in [-0.39, 0.29) is 11.5 Å². The third kappa shape index (κ3) is 2.15. The number of benzene rings is 1. The monoisotopic (exact) mass is 254 g/mol. The fourth-order valence-corrected chi connectivity index (χ4v) is 2.78. The van der Waals surface area contributed by atoms with Crippen LogP contribution in [0.3, 0.4) is 0 Å². The van der Waals surface area contributed by atoms with Gasteiger partial charge in [-0.25, -0.2) is 13.8 Å². The van der Waals surface area contributed by atoms with E-state index in [1.165, 1.54) is 29.5 Å². The van der Waals surface area contributed by atoms with Crippen LogP contribution in [0.1, 0.15) is 29.0 Å². The first-order valence-electron chi connectivity index (χ1n) is 5.17. The van der Waals surface area contributed by atoms with Crippen LogP contribution in [-0.2, 0) is 0 Å². The molecule has 0 spiro atoms. The van der Waals surface area contributed by atoms with Gasteiger partial charge in [0.15, 0.2) is 5.13 Å². The Morgan fingerprint density at radius 3 is 2.35 bits per heavy atom. The fraction of sp³-hybridized carbons (Fsp3) is 0.250. The number of aryl methyl sites for hydroxylation is 1. The molecule has 5 heteroatoms. The standard InChI is InChI=1S/C12H12F2N2S/c1-6(11-7(2)16-12(15)17-11)10-8(13)4-3-5-9(10)14/h3-6H,1-2H3,(H2,15,16). The predicted octanol–water partition coefficient (Wildman–Crippen LogP) is 3.46. The van der Waals surface area contributed by atoms with Gasteiger partial charge >= 0.3 is 0 Å². The predicted molar refractivity (Wildman–Crippen MR) is 65.1 cm³/mol. The minimum Gasteiger partial charge on any atom is -0.375 e. The van der Waals surface area contributed by atoms with Gasteiger partial charge in [-0.2, -0.15) is 0 Å². The molecule has 0 aliphatic heterocycles. The molecule has 2 N–H and O–H groups in total. The number of aromatic nitrogens is 1. The Hall–Kier alpha value is -1.49. The van der Waals surface area contributed by atoms with Gasteiger partial charge in [0.05, 0.1) is 5.69 Å². The third-order valence-electron chi connectivity index (χ3n) is 2.68. The van der Waals surface area contributed by atoms with Crippen LogP contribution in [0.2, 0.25) is 0 Å². The highest BCUT2D eigenvalue weighted by molar-refractivity contribution is 7.15. The largest absolute Gasteiger partial charge is 0.375 e. The second-order valence-electron chi connectivity index (χ2n) is 3.86. The van der Waals surface area contributed by atoms with Crippen molar-refractivity contribution in [2.24, 2.45) is 0 Å². The highest BCUT2D eigenvalue weighted by Gasteiger charge is 2.21. The van der Waals surface area contributed by atoms with Crippen LogP contribution in [0.4, 0.5) is 13.9 Å². The molecule has 1 atom stereocenters. The summed E-state index contributed by atoms with van der Waals surface area (Å²) in [7, 11) is 0. The van der Waals surface area contributed by atoms with Crippen molar-refractivity contribution >= 4 is 16.5 Å². The van der Waals surface area contributed by atoms with E-state index in [1.807, 2.05) is 0 Å². The molecule has 1 heterocycles. The van der Waals surface area contributed by atoms with Gasteiger partial charge in [-0.3, -0.25) is 0 Å². The minimum absolute atomic E-state index is 0.0688. The quantitative estimate of drug-likeness (QED) is 0.891. The first-order valence-corrected chi connectivity index (χ1v) is 5.99. The van der Waals surface area contributed by atoms with Crippen molar-refractivity contribution in [3.05, 3.63) is 46.0 Å². The molecule has 0 aliphatic rings. The molecule has 0 bridgehead atoms. The lowest BCUT2D eigenvalue weighted by molar-refractivity contribution is 0.548. The lowest BCUT2D eigenvalue weighted by Gasteiger charge is -2.12. The number of thiazole rings is 1. The van der Waals surface area contributed by atoms with Gasteiger partial charge in [0, 0.05) is 16.4 Å². The Labute approximate surface area is 102 Å². The molecule has 0 fully saturated rings. The maximum Gasteiger partial charge on any atom is 0.180 e. The molecule has 1 aromatic carbocycles. The molecule has 0 aliphatic carbocycles. The van der Waals surface area contributed by atoms with Crippen LogP contribution in [0.25, 0.3) is 0 Å². The Morgan fingerprint density at radius 2 is 1.88 bits per heavy atom. The van der Waals surface area contributed by atoms with Crippen molar-refractivity contribution in [3.63, 3.8) is 0 Å². The Kier molecular flexibility index (Phi) is 3.11. The van der Waals surface area contributed by atoms with Crippen LogP contribution in [0.15, 0.2) is 18.2 Å². The van der Waals surface area contributed by atoms with Crippen LogP contribution in [0, 0.1) is 18.6 Å². The van der Waals surface area contributed by atoms with Crippen molar-refractivity contribution in [3.8, 4) is 0 Å². The summed E-state index contributed by atoms with van der Waals surface area (Å²) < 4.78 is 27.3. The number of nitrogens with zero attached hydrogens (tertiary/aromatic N) is 1. The number of anilines is 1. The maximum absolute atomic E-state index is 13.6. The molecule has 0 radical (unpaired) electrons. The molecular weight excluding hydrogens is 242 g/mol. The minimum atomic E-state index is -0.538. The molecule has 2 aromatic rings. The van der Waals surface area contributed by atoms with Gasteiger partial charge in [-0.1, -0.05) is 13.0 Å². The summed E-state index contributed by atoms with van der Waals surface area (Å²) in [6.45, 7) is 3.54. The molecule has 90 valence electrons. The SMILES string of the molecule is Cc1nc(N)sc1C(C)c1c(F)cccc1F. The van der Waals surface area contributed by atoms with E-state index in [1.54, 1.807) is 13.8 Å². The Bertz CT molecular complexity index is 531. The highest BCUT2D eigenvalue weighted by atomic mass is 32.1. The maximum atomic E-state index is 13.6. The van der Waals surface area contributed by atoms with Gasteiger partial charge in [-0.15, -0.1) is 11.3 Å². The molecule has 1 aromatic heterocycles.